The highest BCUT2D eigenvalue weighted by Crippen LogP contribution is 2.33. The van der Waals surface area contributed by atoms with Crippen LogP contribution in [0.2, 0.25) is 0 Å². The van der Waals surface area contributed by atoms with Gasteiger partial charge in [-0.25, -0.2) is 4.99 Å². The number of fused-ring (bicyclic) bond motifs is 2. The zero-order valence-corrected chi connectivity index (χ0v) is 27.3. The fourth-order valence-corrected chi connectivity index (χ4v) is 6.54. The number of aromatic hydroxyl groups is 1. The highest BCUT2D eigenvalue weighted by atomic mass is 16.7. The van der Waals surface area contributed by atoms with Crippen molar-refractivity contribution >= 4 is 46.5 Å². The van der Waals surface area contributed by atoms with Crippen molar-refractivity contribution in [3.8, 4) is 5.88 Å². The monoisotopic (exact) mass is 669 g/mol. The zero-order valence-electron chi connectivity index (χ0n) is 27.3. The van der Waals surface area contributed by atoms with Gasteiger partial charge in [-0.05, 0) is 42.8 Å². The molecule has 14 heteroatoms. The highest BCUT2D eigenvalue weighted by molar-refractivity contribution is 6.61. The van der Waals surface area contributed by atoms with Crippen LogP contribution >= 0.6 is 0 Å². The van der Waals surface area contributed by atoms with Crippen LogP contribution in [-0.4, -0.2) is 138 Å². The molecule has 4 heterocycles. The number of hydrogen-bond acceptors (Lipinski definition) is 11. The van der Waals surface area contributed by atoms with Gasteiger partial charge in [-0.3, -0.25) is 9.69 Å². The van der Waals surface area contributed by atoms with E-state index in [9.17, 15) is 25.2 Å². The number of aromatic nitrogens is 1. The van der Waals surface area contributed by atoms with E-state index < -0.39 is 37.8 Å². The van der Waals surface area contributed by atoms with Gasteiger partial charge in [-0.1, -0.05) is 42.5 Å². The first-order valence-corrected chi connectivity index (χ1v) is 16.4. The summed E-state index contributed by atoms with van der Waals surface area (Å²) in [6.07, 6.45) is -6.04. The van der Waals surface area contributed by atoms with Gasteiger partial charge in [0.1, 0.15) is 24.4 Å². The van der Waals surface area contributed by atoms with Crippen LogP contribution in [0.25, 0.3) is 10.9 Å². The molecule has 49 heavy (non-hydrogen) atoms. The van der Waals surface area contributed by atoms with E-state index in [1.54, 1.807) is 24.1 Å². The Balaban J connectivity index is 1.14. The molecule has 13 nitrogen and oxygen atoms in total. The van der Waals surface area contributed by atoms with E-state index in [1.807, 2.05) is 60.7 Å². The lowest BCUT2D eigenvalue weighted by molar-refractivity contribution is -0.291. The minimum absolute atomic E-state index is 0.0253. The predicted octanol–water partition coefficient (Wildman–Crippen LogP) is 0.802. The minimum atomic E-state index is -1.53. The van der Waals surface area contributed by atoms with Gasteiger partial charge >= 0.3 is 7.12 Å². The fourth-order valence-electron chi connectivity index (χ4n) is 6.54. The van der Waals surface area contributed by atoms with Gasteiger partial charge in [0.2, 0.25) is 5.91 Å². The van der Waals surface area contributed by atoms with Gasteiger partial charge in [0, 0.05) is 55.4 Å². The van der Waals surface area contributed by atoms with E-state index in [0.717, 1.165) is 37.4 Å². The van der Waals surface area contributed by atoms with Crippen molar-refractivity contribution in [2.24, 2.45) is 4.99 Å². The first kappa shape index (κ1) is 33.4. The number of anilines is 1. The van der Waals surface area contributed by atoms with Gasteiger partial charge in [0.15, 0.2) is 12.2 Å². The number of rotatable bonds is 7. The van der Waals surface area contributed by atoms with Crippen molar-refractivity contribution in [3.63, 3.8) is 0 Å². The molecule has 3 fully saturated rings. The average Bonchev–Trinajstić information content (AvgIpc) is 3.45. The summed E-state index contributed by atoms with van der Waals surface area (Å²) in [5.74, 6) is -0.0447. The molecule has 1 amide bonds. The summed E-state index contributed by atoms with van der Waals surface area (Å²) in [6, 6.07) is 22.4. The molecule has 1 unspecified atom stereocenters. The van der Waals surface area contributed by atoms with Crippen LogP contribution in [0.15, 0.2) is 77.8 Å². The molecule has 3 saturated heterocycles. The first-order valence-electron chi connectivity index (χ1n) is 16.4. The molecule has 3 aromatic carbocycles. The molecule has 3 aliphatic heterocycles. The van der Waals surface area contributed by atoms with E-state index in [-0.39, 0.29) is 18.4 Å². The number of H-pyrrole nitrogens is 1. The van der Waals surface area contributed by atoms with Crippen molar-refractivity contribution in [1.82, 2.24) is 14.8 Å². The third-order valence-electron chi connectivity index (χ3n) is 9.52. The second-order valence-electron chi connectivity index (χ2n) is 12.8. The Kier molecular flexibility index (Phi) is 9.55. The van der Waals surface area contributed by atoms with Crippen LogP contribution in [0.3, 0.4) is 0 Å². The summed E-state index contributed by atoms with van der Waals surface area (Å²) in [4.78, 5) is 27.2. The van der Waals surface area contributed by atoms with Crippen molar-refractivity contribution in [1.29, 1.82) is 0 Å². The number of aliphatic hydroxyl groups is 3. The number of hydrogen-bond donors (Lipinski definition) is 5. The number of nitrogens with zero attached hydrogens (tertiary/aromatic N) is 4. The zero-order chi connectivity index (χ0) is 34.2. The third-order valence-corrected chi connectivity index (χ3v) is 9.52. The molecule has 1 aromatic heterocycles. The van der Waals surface area contributed by atoms with Crippen molar-refractivity contribution < 1.29 is 39.3 Å². The summed E-state index contributed by atoms with van der Waals surface area (Å²) >= 11 is 0. The van der Waals surface area contributed by atoms with Crippen LogP contribution < -0.4 is 10.4 Å². The fraction of sp³-hybridized carbons (Fsp3) is 0.371. The normalized spacial score (nSPS) is 25.4. The predicted molar refractivity (Wildman–Crippen MR) is 185 cm³/mol. The number of aliphatic hydroxyl groups excluding tert-OH is 3. The Hall–Kier alpha value is -4.12. The third kappa shape index (κ3) is 6.87. The Morgan fingerprint density at radius 2 is 1.73 bits per heavy atom. The van der Waals surface area contributed by atoms with Crippen molar-refractivity contribution in [3.05, 3.63) is 83.9 Å². The second kappa shape index (κ2) is 14.0. The Bertz CT molecular complexity index is 1810. The Labute approximate surface area is 284 Å². The molecular weight excluding hydrogens is 629 g/mol. The molecule has 7 rings (SSSR count). The number of carbonyl (C=O) groups excluding carboxylic acids is 1. The van der Waals surface area contributed by atoms with E-state index >= 15 is 0 Å². The second-order valence-corrected chi connectivity index (χ2v) is 12.8. The summed E-state index contributed by atoms with van der Waals surface area (Å²) < 4.78 is 17.2. The maximum atomic E-state index is 13.0. The van der Waals surface area contributed by atoms with Gasteiger partial charge in [-0.15, -0.1) is 0 Å². The number of carbonyl (C=O) groups is 1. The van der Waals surface area contributed by atoms with Crippen LogP contribution in [0.5, 0.6) is 5.88 Å². The summed E-state index contributed by atoms with van der Waals surface area (Å²) in [6.45, 7) is 4.04. The molecule has 4 aromatic rings. The van der Waals surface area contributed by atoms with E-state index in [2.05, 4.69) is 21.8 Å². The molecule has 0 spiro atoms. The lowest BCUT2D eigenvalue weighted by Crippen LogP contribution is -2.65. The van der Waals surface area contributed by atoms with Gasteiger partial charge in [0.05, 0.1) is 30.1 Å². The summed E-state index contributed by atoms with van der Waals surface area (Å²) in [5.41, 5.74) is 4.48. The van der Waals surface area contributed by atoms with Gasteiger partial charge < -0.3 is 49.3 Å². The van der Waals surface area contributed by atoms with E-state index in [0.29, 0.717) is 39.9 Å². The number of piperazine rings is 1. The molecule has 0 saturated carbocycles. The number of nitrogens with one attached hydrogen (secondary N) is 1. The average molecular weight is 670 g/mol. The summed E-state index contributed by atoms with van der Waals surface area (Å²) in [7, 11) is 2.99. The maximum absolute atomic E-state index is 13.0. The Morgan fingerprint density at radius 1 is 1.00 bits per heavy atom. The largest absolute Gasteiger partial charge is 0.494 e. The number of aromatic amines is 1. The number of ether oxygens (including phenoxy) is 1. The molecule has 0 aliphatic carbocycles. The Morgan fingerprint density at radius 3 is 2.47 bits per heavy atom. The smallest absolute Gasteiger partial charge is 0.494 e. The first-order chi connectivity index (χ1) is 23.7. The van der Waals surface area contributed by atoms with E-state index in [1.165, 1.54) is 0 Å². The number of aliphatic imine (C=N–C) groups is 1. The molecule has 5 atom stereocenters. The SMILES string of the molecule is CN1CCN(CC(=O)N(C)c2ccc(N=C(c3ccccc3)c3c(O)[nH]c4cc(B5OC[C@H]6OC(O)[C@@H](O)[C@@H](O)[C@@H]6O5)ccc34)cc2)CC1. The molecule has 3 aliphatic rings. The topological polar surface area (TPSA) is 164 Å². The maximum Gasteiger partial charge on any atom is 0.494 e. The van der Waals surface area contributed by atoms with Crippen molar-refractivity contribution in [2.45, 2.75) is 30.7 Å². The van der Waals surface area contributed by atoms with Crippen LogP contribution in [0.4, 0.5) is 11.4 Å². The van der Waals surface area contributed by atoms with Crippen LogP contribution in [-0.2, 0) is 18.8 Å². The molecule has 0 bridgehead atoms. The summed E-state index contributed by atoms with van der Waals surface area (Å²) in [5, 5.41) is 42.4. The quantitative estimate of drug-likeness (QED) is 0.141. The molecule has 256 valence electrons. The molecule has 0 radical (unpaired) electrons. The van der Waals surface area contributed by atoms with Crippen molar-refractivity contribution in [2.75, 3.05) is 58.3 Å². The highest BCUT2D eigenvalue weighted by Gasteiger charge is 2.49. The van der Waals surface area contributed by atoms with E-state index in [4.69, 9.17) is 19.0 Å². The number of likely N-dealkylation sites (N-methyl/N-ethyl adjacent to an activating group) is 2. The number of amides is 1. The lowest BCUT2D eigenvalue weighted by Gasteiger charge is -2.44. The lowest BCUT2D eigenvalue weighted by atomic mass is 9.76. The number of benzene rings is 3. The van der Waals surface area contributed by atoms with Gasteiger partial charge in [0.25, 0.3) is 0 Å². The van der Waals surface area contributed by atoms with Crippen LogP contribution in [0.1, 0.15) is 11.1 Å². The molecular formula is C35H40BN5O8. The standard InChI is InChI=1S/C35H40BN5O8/c1-39-14-16-41(17-15-39)19-28(42)40(2)24-11-9-23(10-12-24)37-30(21-6-4-3-5-7-21)29-25-13-8-22(18-26(25)38-34(29)45)36-47-20-27-33(49-36)31(43)32(44)35(46)48-27/h3-13,18,27,31-33,35,38,43-46H,14-17,19-20H2,1-2H3/t27-,31-,32+,33-,35?/m1/s1. The molecule has 5 N–H and O–H groups in total. The van der Waals surface area contributed by atoms with Gasteiger partial charge in [-0.2, -0.15) is 0 Å². The minimum Gasteiger partial charge on any atom is -0.494 e. The van der Waals surface area contributed by atoms with Crippen LogP contribution in [0, 0.1) is 0 Å².